The summed E-state index contributed by atoms with van der Waals surface area (Å²) >= 11 is 0. The average Bonchev–Trinajstić information content (AvgIpc) is 3.69. The van der Waals surface area contributed by atoms with Crippen LogP contribution >= 0.6 is 0 Å². The van der Waals surface area contributed by atoms with Crippen LogP contribution in [0.4, 0.5) is 13.2 Å². The molecule has 6 rings (SSSR count). The van der Waals surface area contributed by atoms with Crippen LogP contribution < -0.4 is 5.32 Å². The van der Waals surface area contributed by atoms with E-state index >= 15 is 0 Å². The lowest BCUT2D eigenvalue weighted by molar-refractivity contribution is -0.137. The van der Waals surface area contributed by atoms with Gasteiger partial charge in [-0.25, -0.2) is 19.9 Å². The Labute approximate surface area is 239 Å². The number of aliphatic hydroxyl groups is 1. The van der Waals surface area contributed by atoms with E-state index in [0.29, 0.717) is 37.4 Å². The Morgan fingerprint density at radius 2 is 1.76 bits per heavy atom. The zero-order valence-electron chi connectivity index (χ0n) is 22.6. The van der Waals surface area contributed by atoms with Gasteiger partial charge in [0.15, 0.2) is 5.82 Å². The molecule has 4 aromatic rings. The third kappa shape index (κ3) is 5.88. The summed E-state index contributed by atoms with van der Waals surface area (Å²) in [5, 5.41) is 15.0. The first-order valence-corrected chi connectivity index (χ1v) is 13.8. The molecule has 5 heterocycles. The topological polar surface area (TPSA) is 122 Å². The summed E-state index contributed by atoms with van der Waals surface area (Å²) in [6.07, 6.45) is 7.81. The van der Waals surface area contributed by atoms with E-state index in [1.807, 2.05) is 12.1 Å². The third-order valence-electron chi connectivity index (χ3n) is 7.99. The molecule has 1 aliphatic carbocycles. The molecule has 2 fully saturated rings. The number of carbonyl (C=O) groups is 1. The number of carbonyl (C=O) groups excluding carboxylic acids is 1. The molecule has 2 aliphatic rings. The second-order valence-corrected chi connectivity index (χ2v) is 10.8. The van der Waals surface area contributed by atoms with Crippen molar-refractivity contribution in [3.05, 3.63) is 84.5 Å². The Morgan fingerprint density at radius 1 is 0.976 bits per heavy atom. The second-order valence-electron chi connectivity index (χ2n) is 10.8. The summed E-state index contributed by atoms with van der Waals surface area (Å²) in [5.74, 6) is 0.292. The number of nitrogens with zero attached hydrogens (tertiary/aromatic N) is 7. The lowest BCUT2D eigenvalue weighted by atomic mass is 9.78. The molecule has 218 valence electrons. The Morgan fingerprint density at radius 3 is 2.48 bits per heavy atom. The van der Waals surface area contributed by atoms with Crippen molar-refractivity contribution in [2.24, 2.45) is 0 Å². The number of aromatic nitrogens is 6. The predicted octanol–water partition coefficient (Wildman–Crippen LogP) is 3.77. The van der Waals surface area contributed by atoms with Crippen molar-refractivity contribution in [1.29, 1.82) is 0 Å². The first kappa shape index (κ1) is 27.9. The minimum atomic E-state index is -4.49. The Balaban J connectivity index is 1.01. The van der Waals surface area contributed by atoms with Gasteiger partial charge in [0.2, 0.25) is 0 Å². The summed E-state index contributed by atoms with van der Waals surface area (Å²) in [6.45, 7) is 1.05. The van der Waals surface area contributed by atoms with Crippen molar-refractivity contribution >= 4 is 5.91 Å². The molecule has 0 spiro atoms. The Bertz CT molecular complexity index is 1540. The van der Waals surface area contributed by atoms with E-state index in [4.69, 9.17) is 0 Å². The quantitative estimate of drug-likeness (QED) is 0.355. The highest BCUT2D eigenvalue weighted by molar-refractivity contribution is 5.92. The SMILES string of the molecule is O=C(c1cn(-c2cc(C(F)(F)F)ccn2)cn1)N1CCC(NC2CCC(O)(c3ccc(-c4ncccn4)nc3)CC2)C1. The van der Waals surface area contributed by atoms with Crippen molar-refractivity contribution in [3.63, 3.8) is 0 Å². The van der Waals surface area contributed by atoms with Gasteiger partial charge in [0.05, 0.1) is 11.2 Å². The number of rotatable bonds is 6. The van der Waals surface area contributed by atoms with Gasteiger partial charge in [-0.15, -0.1) is 0 Å². The molecular weight excluding hydrogens is 549 g/mol. The van der Waals surface area contributed by atoms with Gasteiger partial charge in [0.1, 0.15) is 23.5 Å². The molecule has 42 heavy (non-hydrogen) atoms. The van der Waals surface area contributed by atoms with Gasteiger partial charge < -0.3 is 15.3 Å². The maximum absolute atomic E-state index is 13.1. The summed E-state index contributed by atoms with van der Waals surface area (Å²) in [6, 6.07) is 7.59. The van der Waals surface area contributed by atoms with Gasteiger partial charge in [-0.3, -0.25) is 14.3 Å². The number of likely N-dealkylation sites (tertiary alicyclic amines) is 1. The molecule has 1 saturated carbocycles. The standard InChI is InChI=1S/C29H29F3N8O2/c30-29(31,32)19-6-12-33-25(14-19)40-17-24(37-18-40)27(41)39-13-7-22(16-39)38-21-4-8-28(42,9-5-21)20-2-3-23(36-15-20)26-34-10-1-11-35-26/h1-3,6,10-12,14-15,17-18,21-22,38,42H,4-5,7-9,13,16H2. The van der Waals surface area contributed by atoms with Crippen LogP contribution in [0.25, 0.3) is 17.3 Å². The van der Waals surface area contributed by atoms with E-state index in [9.17, 15) is 23.1 Å². The number of imidazole rings is 1. The van der Waals surface area contributed by atoms with Crippen molar-refractivity contribution < 1.29 is 23.1 Å². The highest BCUT2D eigenvalue weighted by Crippen LogP contribution is 2.37. The molecule has 1 unspecified atom stereocenters. The highest BCUT2D eigenvalue weighted by atomic mass is 19.4. The van der Waals surface area contributed by atoms with Gasteiger partial charge >= 0.3 is 6.18 Å². The summed E-state index contributed by atoms with van der Waals surface area (Å²) < 4.78 is 40.5. The molecule has 10 nitrogen and oxygen atoms in total. The molecule has 2 N–H and O–H groups in total. The van der Waals surface area contributed by atoms with E-state index in [1.54, 1.807) is 29.6 Å². The number of amides is 1. The largest absolute Gasteiger partial charge is 0.416 e. The van der Waals surface area contributed by atoms with Crippen molar-refractivity contribution in [3.8, 4) is 17.3 Å². The Hall–Kier alpha value is -4.23. The molecule has 0 radical (unpaired) electrons. The van der Waals surface area contributed by atoms with Crippen LogP contribution in [0.1, 0.15) is 53.7 Å². The average molecular weight is 579 g/mol. The summed E-state index contributed by atoms with van der Waals surface area (Å²) in [5.41, 5.74) is -0.199. The number of halogens is 3. The molecule has 0 bridgehead atoms. The van der Waals surface area contributed by atoms with E-state index in [1.165, 1.54) is 17.1 Å². The van der Waals surface area contributed by atoms with Crippen LogP contribution in [0.3, 0.4) is 0 Å². The zero-order valence-corrected chi connectivity index (χ0v) is 22.6. The minimum absolute atomic E-state index is 0.0338. The smallest absolute Gasteiger partial charge is 0.385 e. The Kier molecular flexibility index (Phi) is 7.45. The number of hydrogen-bond donors (Lipinski definition) is 2. The second kappa shape index (κ2) is 11.2. The predicted molar refractivity (Wildman–Crippen MR) is 145 cm³/mol. The fourth-order valence-electron chi connectivity index (χ4n) is 5.65. The highest BCUT2D eigenvalue weighted by Gasteiger charge is 2.37. The normalized spacial score (nSPS) is 22.8. The number of hydrogen-bond acceptors (Lipinski definition) is 8. The van der Waals surface area contributed by atoms with Crippen LogP contribution in [-0.2, 0) is 11.8 Å². The van der Waals surface area contributed by atoms with E-state index in [0.717, 1.165) is 43.2 Å². The van der Waals surface area contributed by atoms with Crippen LogP contribution in [0.2, 0.25) is 0 Å². The molecule has 0 aromatic carbocycles. The van der Waals surface area contributed by atoms with Gasteiger partial charge in [0, 0.05) is 61.7 Å². The monoisotopic (exact) mass is 578 g/mol. The summed E-state index contributed by atoms with van der Waals surface area (Å²) in [7, 11) is 0. The minimum Gasteiger partial charge on any atom is -0.385 e. The van der Waals surface area contributed by atoms with Gasteiger partial charge in [0.25, 0.3) is 5.91 Å². The lowest BCUT2D eigenvalue weighted by Crippen LogP contribution is -2.45. The number of pyridine rings is 2. The van der Waals surface area contributed by atoms with Crippen LogP contribution in [0.15, 0.2) is 67.6 Å². The van der Waals surface area contributed by atoms with E-state index in [-0.39, 0.29) is 29.5 Å². The van der Waals surface area contributed by atoms with Crippen molar-refractivity contribution in [2.45, 2.75) is 56.0 Å². The molecule has 13 heteroatoms. The molecule has 1 atom stereocenters. The van der Waals surface area contributed by atoms with Crippen molar-refractivity contribution in [2.75, 3.05) is 13.1 Å². The van der Waals surface area contributed by atoms with Crippen LogP contribution in [-0.4, -0.2) is 70.6 Å². The van der Waals surface area contributed by atoms with Crippen LogP contribution in [0.5, 0.6) is 0 Å². The zero-order chi connectivity index (χ0) is 29.3. The molecule has 4 aromatic heterocycles. The lowest BCUT2D eigenvalue weighted by Gasteiger charge is -2.37. The van der Waals surface area contributed by atoms with Gasteiger partial charge in [-0.05, 0) is 56.4 Å². The fraction of sp³-hybridized carbons (Fsp3) is 0.379. The first-order chi connectivity index (χ1) is 20.2. The molecule has 1 amide bonds. The van der Waals surface area contributed by atoms with E-state index in [2.05, 4.69) is 30.2 Å². The number of alkyl halides is 3. The molecule has 1 saturated heterocycles. The maximum Gasteiger partial charge on any atom is 0.416 e. The number of nitrogens with one attached hydrogen (secondary N) is 1. The third-order valence-corrected chi connectivity index (χ3v) is 7.99. The van der Waals surface area contributed by atoms with E-state index < -0.39 is 17.3 Å². The molecule has 1 aliphatic heterocycles. The molecular formula is C29H29F3N8O2. The van der Waals surface area contributed by atoms with Gasteiger partial charge in [-0.1, -0.05) is 6.07 Å². The summed E-state index contributed by atoms with van der Waals surface area (Å²) in [4.78, 5) is 35.8. The maximum atomic E-state index is 13.1. The van der Waals surface area contributed by atoms with Gasteiger partial charge in [-0.2, -0.15) is 13.2 Å². The fourth-order valence-corrected chi connectivity index (χ4v) is 5.65. The van der Waals surface area contributed by atoms with Crippen LogP contribution in [0, 0.1) is 0 Å². The first-order valence-electron chi connectivity index (χ1n) is 13.8. The van der Waals surface area contributed by atoms with Crippen molar-refractivity contribution in [1.82, 2.24) is 39.7 Å².